The molecule has 5 heteroatoms. The van der Waals surface area contributed by atoms with Gasteiger partial charge in [-0.1, -0.05) is 29.8 Å². The van der Waals surface area contributed by atoms with Crippen molar-refractivity contribution in [2.24, 2.45) is 0 Å². The van der Waals surface area contributed by atoms with Crippen molar-refractivity contribution >= 4 is 23.2 Å². The molecule has 0 saturated carbocycles. The van der Waals surface area contributed by atoms with Crippen LogP contribution in [-0.2, 0) is 0 Å². The maximum Gasteiger partial charge on any atom is 0.225 e. The molecule has 1 aliphatic rings. The van der Waals surface area contributed by atoms with Gasteiger partial charge in [0.05, 0.1) is 17.4 Å². The molecule has 3 rings (SSSR count). The van der Waals surface area contributed by atoms with Crippen LogP contribution in [0.2, 0.25) is 5.02 Å². The topological polar surface area (TPSA) is 41.1 Å². The average Bonchev–Trinajstić information content (AvgIpc) is 2.49. The SMILES string of the molecule is Clc1cnc(N2CCC[C@H](Nc3ccccc3)C2)nc1. The molecule has 0 aliphatic carbocycles. The van der Waals surface area contributed by atoms with Crippen LogP contribution in [0.3, 0.4) is 0 Å². The maximum absolute atomic E-state index is 5.83. The zero-order valence-corrected chi connectivity index (χ0v) is 11.9. The van der Waals surface area contributed by atoms with E-state index in [1.54, 1.807) is 12.4 Å². The van der Waals surface area contributed by atoms with Crippen LogP contribution in [0.5, 0.6) is 0 Å². The molecule has 0 unspecified atom stereocenters. The molecule has 1 fully saturated rings. The molecule has 4 nitrogen and oxygen atoms in total. The number of anilines is 2. The molecule has 0 spiro atoms. The van der Waals surface area contributed by atoms with E-state index in [1.165, 1.54) is 6.42 Å². The van der Waals surface area contributed by atoms with E-state index in [0.717, 1.165) is 31.1 Å². The third-order valence-electron chi connectivity index (χ3n) is 3.46. The summed E-state index contributed by atoms with van der Waals surface area (Å²) in [4.78, 5) is 10.8. The summed E-state index contributed by atoms with van der Waals surface area (Å²) >= 11 is 5.83. The number of para-hydroxylation sites is 1. The van der Waals surface area contributed by atoms with Crippen molar-refractivity contribution in [3.63, 3.8) is 0 Å². The minimum absolute atomic E-state index is 0.422. The van der Waals surface area contributed by atoms with Crippen LogP contribution >= 0.6 is 11.6 Å². The number of hydrogen-bond acceptors (Lipinski definition) is 4. The van der Waals surface area contributed by atoms with Crippen molar-refractivity contribution < 1.29 is 0 Å². The number of nitrogens with zero attached hydrogens (tertiary/aromatic N) is 3. The highest BCUT2D eigenvalue weighted by atomic mass is 35.5. The highest BCUT2D eigenvalue weighted by Gasteiger charge is 2.21. The number of aromatic nitrogens is 2. The monoisotopic (exact) mass is 288 g/mol. The average molecular weight is 289 g/mol. The Morgan fingerprint density at radius 2 is 1.90 bits per heavy atom. The third kappa shape index (κ3) is 3.20. The first-order valence-electron chi connectivity index (χ1n) is 6.85. The largest absolute Gasteiger partial charge is 0.381 e. The molecular weight excluding hydrogens is 272 g/mol. The van der Waals surface area contributed by atoms with Crippen molar-refractivity contribution in [1.29, 1.82) is 0 Å². The fourth-order valence-electron chi connectivity index (χ4n) is 2.52. The van der Waals surface area contributed by atoms with Gasteiger partial charge in [-0.25, -0.2) is 9.97 Å². The summed E-state index contributed by atoms with van der Waals surface area (Å²) in [5.74, 6) is 0.758. The molecule has 0 bridgehead atoms. The summed E-state index contributed by atoms with van der Waals surface area (Å²) < 4.78 is 0. The van der Waals surface area contributed by atoms with Crippen molar-refractivity contribution in [3.8, 4) is 0 Å². The van der Waals surface area contributed by atoms with Gasteiger partial charge in [0.15, 0.2) is 0 Å². The first-order chi connectivity index (χ1) is 9.81. The van der Waals surface area contributed by atoms with E-state index < -0.39 is 0 Å². The van der Waals surface area contributed by atoms with Crippen molar-refractivity contribution in [1.82, 2.24) is 9.97 Å². The second kappa shape index (κ2) is 6.09. The van der Waals surface area contributed by atoms with Gasteiger partial charge in [0.25, 0.3) is 0 Å². The quantitative estimate of drug-likeness (QED) is 0.941. The summed E-state index contributed by atoms with van der Waals surface area (Å²) in [6, 6.07) is 10.7. The normalized spacial score (nSPS) is 18.9. The number of halogens is 1. The molecule has 2 aromatic rings. The van der Waals surface area contributed by atoms with Crippen LogP contribution in [0.25, 0.3) is 0 Å². The lowest BCUT2D eigenvalue weighted by atomic mass is 10.1. The van der Waals surface area contributed by atoms with E-state index in [-0.39, 0.29) is 0 Å². The smallest absolute Gasteiger partial charge is 0.225 e. The molecule has 1 N–H and O–H groups in total. The van der Waals surface area contributed by atoms with Gasteiger partial charge in [-0.15, -0.1) is 0 Å². The summed E-state index contributed by atoms with van der Waals surface area (Å²) in [5.41, 5.74) is 1.16. The molecule has 1 atom stereocenters. The van der Waals surface area contributed by atoms with Crippen LogP contribution < -0.4 is 10.2 Å². The highest BCUT2D eigenvalue weighted by molar-refractivity contribution is 6.30. The van der Waals surface area contributed by atoms with Gasteiger partial charge in [0.1, 0.15) is 0 Å². The lowest BCUT2D eigenvalue weighted by Gasteiger charge is -2.33. The Kier molecular flexibility index (Phi) is 4.02. The lowest BCUT2D eigenvalue weighted by molar-refractivity contribution is 0.523. The van der Waals surface area contributed by atoms with E-state index in [1.807, 2.05) is 18.2 Å². The van der Waals surface area contributed by atoms with Crippen LogP contribution in [0.1, 0.15) is 12.8 Å². The molecule has 0 radical (unpaired) electrons. The molecular formula is C15H17ClN4. The van der Waals surface area contributed by atoms with Gasteiger partial charge in [-0.05, 0) is 25.0 Å². The van der Waals surface area contributed by atoms with Gasteiger partial charge in [-0.3, -0.25) is 0 Å². The first kappa shape index (κ1) is 13.2. The van der Waals surface area contributed by atoms with E-state index in [2.05, 4.69) is 32.3 Å². The fourth-order valence-corrected chi connectivity index (χ4v) is 2.61. The van der Waals surface area contributed by atoms with Crippen LogP contribution in [0.4, 0.5) is 11.6 Å². The maximum atomic E-state index is 5.83. The standard InChI is InChI=1S/C15H17ClN4/c16-12-9-17-15(18-10-12)20-8-4-7-14(11-20)19-13-5-2-1-3-6-13/h1-3,5-6,9-10,14,19H,4,7-8,11H2/t14-/m0/s1. The summed E-state index contributed by atoms with van der Waals surface area (Å²) in [6.45, 7) is 1.91. The Hall–Kier alpha value is -1.81. The van der Waals surface area contributed by atoms with Crippen molar-refractivity contribution in [3.05, 3.63) is 47.7 Å². The van der Waals surface area contributed by atoms with Crippen LogP contribution in [0.15, 0.2) is 42.7 Å². The molecule has 1 aromatic heterocycles. The zero-order valence-electron chi connectivity index (χ0n) is 11.2. The Morgan fingerprint density at radius 1 is 1.15 bits per heavy atom. The van der Waals surface area contributed by atoms with Crippen molar-refractivity contribution in [2.45, 2.75) is 18.9 Å². The van der Waals surface area contributed by atoms with Crippen LogP contribution in [0, 0.1) is 0 Å². The van der Waals surface area contributed by atoms with E-state index in [9.17, 15) is 0 Å². The predicted molar refractivity (Wildman–Crippen MR) is 82.3 cm³/mol. The molecule has 1 aliphatic heterocycles. The molecule has 104 valence electrons. The number of nitrogens with one attached hydrogen (secondary N) is 1. The highest BCUT2D eigenvalue weighted by Crippen LogP contribution is 2.19. The third-order valence-corrected chi connectivity index (χ3v) is 3.65. The molecule has 2 heterocycles. The number of hydrogen-bond donors (Lipinski definition) is 1. The van der Waals surface area contributed by atoms with E-state index in [4.69, 9.17) is 11.6 Å². The Labute approximate surface area is 123 Å². The number of piperidine rings is 1. The minimum atomic E-state index is 0.422. The molecule has 0 amide bonds. The fraction of sp³-hybridized carbons (Fsp3) is 0.333. The Morgan fingerprint density at radius 3 is 2.65 bits per heavy atom. The second-order valence-corrected chi connectivity index (χ2v) is 5.43. The first-order valence-corrected chi connectivity index (χ1v) is 7.23. The summed E-state index contributed by atoms with van der Waals surface area (Å²) in [6.07, 6.45) is 5.60. The van der Waals surface area contributed by atoms with Gasteiger partial charge in [0.2, 0.25) is 5.95 Å². The Bertz CT molecular complexity index is 544. The van der Waals surface area contributed by atoms with Gasteiger partial charge < -0.3 is 10.2 Å². The van der Waals surface area contributed by atoms with Gasteiger partial charge in [0, 0.05) is 24.8 Å². The zero-order chi connectivity index (χ0) is 13.8. The van der Waals surface area contributed by atoms with Gasteiger partial charge >= 0.3 is 0 Å². The molecule has 1 saturated heterocycles. The van der Waals surface area contributed by atoms with Crippen LogP contribution in [-0.4, -0.2) is 29.1 Å². The van der Waals surface area contributed by atoms with E-state index in [0.29, 0.717) is 11.1 Å². The van der Waals surface area contributed by atoms with Gasteiger partial charge in [-0.2, -0.15) is 0 Å². The number of benzene rings is 1. The summed E-state index contributed by atoms with van der Waals surface area (Å²) in [5, 5.41) is 4.14. The van der Waals surface area contributed by atoms with Crippen molar-refractivity contribution in [2.75, 3.05) is 23.3 Å². The summed E-state index contributed by atoms with van der Waals surface area (Å²) in [7, 11) is 0. The van der Waals surface area contributed by atoms with E-state index >= 15 is 0 Å². The second-order valence-electron chi connectivity index (χ2n) is 5.00. The predicted octanol–water partition coefficient (Wildman–Crippen LogP) is 3.21. The molecule has 20 heavy (non-hydrogen) atoms. The molecule has 1 aromatic carbocycles. The Balaban J connectivity index is 1.66. The number of rotatable bonds is 3. The lowest BCUT2D eigenvalue weighted by Crippen LogP contribution is -2.42. The minimum Gasteiger partial charge on any atom is -0.381 e.